The number of allylic oxidation sites excluding steroid dienone is 1. The monoisotopic (exact) mass is 601 g/mol. The van der Waals surface area contributed by atoms with E-state index in [1.165, 1.54) is 9.80 Å². The molecule has 4 rings (SSSR count). The lowest BCUT2D eigenvalue weighted by Crippen LogP contribution is -2.56. The molecule has 0 radical (unpaired) electrons. The van der Waals surface area contributed by atoms with Crippen LogP contribution in [0.3, 0.4) is 0 Å². The first-order chi connectivity index (χ1) is 20.1. The lowest BCUT2D eigenvalue weighted by atomic mass is 9.70. The lowest BCUT2D eigenvalue weighted by Gasteiger charge is -2.37. The summed E-state index contributed by atoms with van der Waals surface area (Å²) < 4.78 is 12.2. The highest BCUT2D eigenvalue weighted by Crippen LogP contribution is 2.59. The molecule has 1 aromatic carbocycles. The summed E-state index contributed by atoms with van der Waals surface area (Å²) in [5, 5.41) is 12.7. The van der Waals surface area contributed by atoms with Gasteiger partial charge >= 0.3 is 5.97 Å². The van der Waals surface area contributed by atoms with Crippen molar-refractivity contribution < 1.29 is 33.8 Å². The number of nitrogens with one attached hydrogen (secondary N) is 1. The molecule has 3 aliphatic rings. The second-order valence-corrected chi connectivity index (χ2v) is 11.6. The van der Waals surface area contributed by atoms with Gasteiger partial charge in [0.1, 0.15) is 17.7 Å². The predicted molar refractivity (Wildman–Crippen MR) is 158 cm³/mol. The maximum absolute atomic E-state index is 14.5. The number of ether oxygens (including phenoxy) is 2. The number of benzene rings is 1. The quantitative estimate of drug-likeness (QED) is 0.248. The first kappa shape index (κ1) is 31.7. The zero-order valence-electron chi connectivity index (χ0n) is 24.2. The Morgan fingerprint density at radius 2 is 2.10 bits per heavy atom. The van der Waals surface area contributed by atoms with E-state index in [1.54, 1.807) is 31.2 Å². The molecule has 3 fully saturated rings. The van der Waals surface area contributed by atoms with Gasteiger partial charge in [0.05, 0.1) is 35.2 Å². The Hall–Kier alpha value is -3.21. The molecule has 0 aliphatic carbocycles. The molecular formula is C31H40ClN3O7. The third-order valence-corrected chi connectivity index (χ3v) is 8.68. The van der Waals surface area contributed by atoms with Gasteiger partial charge in [-0.1, -0.05) is 35.9 Å². The van der Waals surface area contributed by atoms with Crippen molar-refractivity contribution in [2.24, 2.45) is 11.8 Å². The Balaban J connectivity index is 1.62. The minimum atomic E-state index is -1.23. The second kappa shape index (κ2) is 13.4. The molecule has 3 amide bonds. The molecule has 42 heavy (non-hydrogen) atoms. The van der Waals surface area contributed by atoms with Gasteiger partial charge in [0.2, 0.25) is 11.8 Å². The molecule has 3 saturated heterocycles. The third kappa shape index (κ3) is 5.85. The number of anilines is 1. The fraction of sp³-hybridized carbons (Fsp3) is 0.548. The SMILES string of the molecule is C=CCCC(=O)NC[C@H](C)OC(=O)[C@@H]1[C@H]2C(=O)N(CCCO)[C@H](C(=O)N(CC=C)c3c(C)cccc3Cl)[C@]23CC[C@H]1O3. The van der Waals surface area contributed by atoms with Crippen LogP contribution in [0.2, 0.25) is 5.02 Å². The predicted octanol–water partition coefficient (Wildman–Crippen LogP) is 2.94. The summed E-state index contributed by atoms with van der Waals surface area (Å²) in [7, 11) is 0. The molecule has 0 saturated carbocycles. The molecule has 0 unspecified atom stereocenters. The highest BCUT2D eigenvalue weighted by Gasteiger charge is 2.75. The molecule has 3 aliphatic heterocycles. The molecule has 6 atom stereocenters. The summed E-state index contributed by atoms with van der Waals surface area (Å²) in [5.74, 6) is -3.33. The smallest absolute Gasteiger partial charge is 0.312 e. The second-order valence-electron chi connectivity index (χ2n) is 11.2. The number of amides is 3. The summed E-state index contributed by atoms with van der Waals surface area (Å²) in [6.07, 6.45) is 4.03. The first-order valence-corrected chi connectivity index (χ1v) is 14.8. The van der Waals surface area contributed by atoms with Crippen LogP contribution in [-0.2, 0) is 28.7 Å². The number of hydrogen-bond donors (Lipinski definition) is 2. The number of aryl methyl sites for hydroxylation is 1. The summed E-state index contributed by atoms with van der Waals surface area (Å²) >= 11 is 6.57. The fourth-order valence-corrected chi connectivity index (χ4v) is 6.94. The lowest BCUT2D eigenvalue weighted by molar-refractivity contribution is -0.159. The minimum Gasteiger partial charge on any atom is -0.460 e. The van der Waals surface area contributed by atoms with E-state index in [4.69, 9.17) is 21.1 Å². The topological polar surface area (TPSA) is 125 Å². The van der Waals surface area contributed by atoms with Gasteiger partial charge < -0.3 is 29.7 Å². The Morgan fingerprint density at radius 1 is 1.33 bits per heavy atom. The van der Waals surface area contributed by atoms with Crippen molar-refractivity contribution in [3.63, 3.8) is 0 Å². The number of carbonyl (C=O) groups is 4. The van der Waals surface area contributed by atoms with E-state index in [0.29, 0.717) is 30.0 Å². The number of rotatable bonds is 14. The maximum atomic E-state index is 14.5. The Morgan fingerprint density at radius 3 is 2.76 bits per heavy atom. The van der Waals surface area contributed by atoms with Crippen molar-refractivity contribution in [1.82, 2.24) is 10.2 Å². The fourth-order valence-electron chi connectivity index (χ4n) is 6.61. The molecule has 3 heterocycles. The van der Waals surface area contributed by atoms with E-state index in [1.807, 2.05) is 13.0 Å². The number of aliphatic hydroxyl groups is 1. The van der Waals surface area contributed by atoms with Crippen LogP contribution in [0.25, 0.3) is 0 Å². The molecule has 228 valence electrons. The van der Waals surface area contributed by atoms with Crippen molar-refractivity contribution in [2.45, 2.75) is 69.8 Å². The first-order valence-electron chi connectivity index (χ1n) is 14.5. The van der Waals surface area contributed by atoms with Gasteiger partial charge in [-0.25, -0.2) is 0 Å². The minimum absolute atomic E-state index is 0.121. The van der Waals surface area contributed by atoms with Crippen LogP contribution in [0.4, 0.5) is 5.69 Å². The molecule has 0 aromatic heterocycles. The van der Waals surface area contributed by atoms with Crippen LogP contribution < -0.4 is 10.2 Å². The van der Waals surface area contributed by atoms with Gasteiger partial charge in [-0.3, -0.25) is 19.2 Å². The van der Waals surface area contributed by atoms with Gasteiger partial charge in [-0.05, 0) is 51.2 Å². The van der Waals surface area contributed by atoms with Crippen molar-refractivity contribution in [3.05, 3.63) is 54.1 Å². The van der Waals surface area contributed by atoms with Crippen LogP contribution in [0, 0.1) is 18.8 Å². The molecule has 1 aromatic rings. The summed E-state index contributed by atoms with van der Waals surface area (Å²) in [6.45, 7) is 11.2. The normalized spacial score (nSPS) is 26.5. The maximum Gasteiger partial charge on any atom is 0.312 e. The van der Waals surface area contributed by atoms with E-state index in [2.05, 4.69) is 18.5 Å². The number of halogens is 1. The van der Waals surface area contributed by atoms with Crippen LogP contribution >= 0.6 is 11.6 Å². The van der Waals surface area contributed by atoms with Crippen molar-refractivity contribution in [1.29, 1.82) is 0 Å². The van der Waals surface area contributed by atoms with E-state index in [-0.39, 0.29) is 56.8 Å². The number of para-hydroxylation sites is 1. The Bertz CT molecular complexity index is 1220. The van der Waals surface area contributed by atoms with E-state index >= 15 is 0 Å². The number of aliphatic hydroxyl groups excluding tert-OH is 1. The summed E-state index contributed by atoms with van der Waals surface area (Å²) in [6, 6.07) is 4.32. The highest BCUT2D eigenvalue weighted by molar-refractivity contribution is 6.34. The molecular weight excluding hydrogens is 562 g/mol. The van der Waals surface area contributed by atoms with Gasteiger partial charge in [-0.15, -0.1) is 13.2 Å². The van der Waals surface area contributed by atoms with E-state index < -0.39 is 41.7 Å². The molecule has 2 N–H and O–H groups in total. The van der Waals surface area contributed by atoms with Crippen LogP contribution in [0.15, 0.2) is 43.5 Å². The van der Waals surface area contributed by atoms with Gasteiger partial charge in [0, 0.05) is 26.1 Å². The van der Waals surface area contributed by atoms with Crippen molar-refractivity contribution in [2.75, 3.05) is 31.1 Å². The van der Waals surface area contributed by atoms with Crippen LogP contribution in [0.1, 0.15) is 44.6 Å². The Kier molecular flexibility index (Phi) is 10.1. The average molecular weight is 602 g/mol. The average Bonchev–Trinajstić information content (AvgIpc) is 3.60. The number of carbonyl (C=O) groups excluding carboxylic acids is 4. The number of esters is 1. The Labute approximate surface area is 251 Å². The molecule has 10 nitrogen and oxygen atoms in total. The zero-order valence-corrected chi connectivity index (χ0v) is 25.0. The van der Waals surface area contributed by atoms with Crippen molar-refractivity contribution >= 4 is 41.0 Å². The summed E-state index contributed by atoms with van der Waals surface area (Å²) in [5.41, 5.74) is 0.0712. The van der Waals surface area contributed by atoms with E-state index in [0.717, 1.165) is 5.56 Å². The molecule has 1 spiro atoms. The standard InChI is InChI=1S/C31H40ClN3O7/c1-5-7-12-23(37)33-18-20(4)41-30(40)24-22-13-14-31(42-22)25(24)28(38)35(16-9-17-36)27(31)29(39)34(15-6-2)26-19(3)10-8-11-21(26)32/h5-6,8,10-11,20,22,24-25,27,36H,1-2,7,9,12-18H2,3-4H3,(H,33,37)/t20-,22+,24-,25-,27+,31-/m0/s1. The molecule has 11 heteroatoms. The molecule has 2 bridgehead atoms. The third-order valence-electron chi connectivity index (χ3n) is 8.38. The number of hydrogen-bond acceptors (Lipinski definition) is 7. The number of fused-ring (bicyclic) bond motifs is 1. The van der Waals surface area contributed by atoms with E-state index in [9.17, 15) is 24.3 Å². The van der Waals surface area contributed by atoms with Crippen LogP contribution in [0.5, 0.6) is 0 Å². The number of likely N-dealkylation sites (tertiary alicyclic amines) is 1. The largest absolute Gasteiger partial charge is 0.460 e. The van der Waals surface area contributed by atoms with Gasteiger partial charge in [-0.2, -0.15) is 0 Å². The van der Waals surface area contributed by atoms with Crippen LogP contribution in [-0.4, -0.2) is 83.8 Å². The summed E-state index contributed by atoms with van der Waals surface area (Å²) in [4.78, 5) is 57.0. The van der Waals surface area contributed by atoms with Crippen molar-refractivity contribution in [3.8, 4) is 0 Å². The number of nitrogens with zero attached hydrogens (tertiary/aromatic N) is 2. The zero-order chi connectivity index (χ0) is 30.6. The van der Waals surface area contributed by atoms with Gasteiger partial charge in [0.25, 0.3) is 5.91 Å². The highest BCUT2D eigenvalue weighted by atomic mass is 35.5. The van der Waals surface area contributed by atoms with Gasteiger partial charge in [0.15, 0.2) is 0 Å².